The van der Waals surface area contributed by atoms with E-state index in [2.05, 4.69) is 0 Å². The van der Waals surface area contributed by atoms with Crippen LogP contribution in [-0.2, 0) is 4.79 Å². The summed E-state index contributed by atoms with van der Waals surface area (Å²) in [5, 5.41) is 8.15. The molecule has 0 amide bonds. The van der Waals surface area contributed by atoms with Crippen molar-refractivity contribution in [1.29, 1.82) is 5.26 Å². The van der Waals surface area contributed by atoms with Gasteiger partial charge in [-0.1, -0.05) is 6.92 Å². The Morgan fingerprint density at radius 2 is 2.20 bits per heavy atom. The highest BCUT2D eigenvalue weighted by atomic mass is 16.1. The predicted octanol–water partition coefficient (Wildman–Crippen LogP) is 2.05. The van der Waals surface area contributed by atoms with Gasteiger partial charge in [0.1, 0.15) is 5.78 Å². The van der Waals surface area contributed by atoms with Crippen LogP contribution < -0.4 is 0 Å². The number of carbonyl (C=O) groups is 1. The van der Waals surface area contributed by atoms with Crippen LogP contribution in [0, 0.1) is 11.3 Å². The van der Waals surface area contributed by atoms with Crippen LogP contribution in [-0.4, -0.2) is 5.78 Å². The largest absolute Gasteiger partial charge is 0.300 e. The Bertz CT molecular complexity index is 135. The van der Waals surface area contributed by atoms with Crippen LogP contribution in [0.15, 0.2) is 0 Å². The quantitative estimate of drug-likeness (QED) is 0.547. The third-order valence-corrected chi connectivity index (χ3v) is 1.27. The van der Waals surface area contributed by atoms with E-state index in [1.807, 2.05) is 13.0 Å². The molecule has 0 radical (unpaired) electrons. The average Bonchev–Trinajstić information content (AvgIpc) is 1.89. The first kappa shape index (κ1) is 9.16. The highest BCUT2D eigenvalue weighted by Gasteiger charge is 1.97. The number of ketones is 1. The fourth-order valence-corrected chi connectivity index (χ4v) is 0.768. The van der Waals surface area contributed by atoms with Gasteiger partial charge in [0, 0.05) is 19.3 Å². The van der Waals surface area contributed by atoms with Gasteiger partial charge < -0.3 is 0 Å². The first-order chi connectivity index (χ1) is 4.81. The summed E-state index contributed by atoms with van der Waals surface area (Å²) < 4.78 is 0. The lowest BCUT2D eigenvalue weighted by Crippen LogP contribution is -1.95. The number of carbonyl (C=O) groups excluding carboxylic acids is 1. The molecule has 0 saturated heterocycles. The molecular weight excluding hydrogens is 126 g/mol. The van der Waals surface area contributed by atoms with Gasteiger partial charge in [0.25, 0.3) is 0 Å². The Kier molecular flexibility index (Phi) is 5.75. The van der Waals surface area contributed by atoms with Crippen molar-refractivity contribution in [3.63, 3.8) is 0 Å². The van der Waals surface area contributed by atoms with Gasteiger partial charge in [-0.2, -0.15) is 5.26 Å². The lowest BCUT2D eigenvalue weighted by molar-refractivity contribution is -0.119. The molecule has 0 unspecified atom stereocenters. The molecule has 10 heavy (non-hydrogen) atoms. The molecule has 0 fully saturated rings. The Labute approximate surface area is 61.8 Å². The van der Waals surface area contributed by atoms with Crippen molar-refractivity contribution in [2.45, 2.75) is 39.0 Å². The number of Topliss-reactive ketones (excluding diaryl/α,β-unsaturated/α-hetero) is 1. The summed E-state index contributed by atoms with van der Waals surface area (Å²) in [6.45, 7) is 1.99. The second kappa shape index (κ2) is 6.28. The Morgan fingerprint density at radius 1 is 1.50 bits per heavy atom. The maximum Gasteiger partial charge on any atom is 0.132 e. The minimum Gasteiger partial charge on any atom is -0.300 e. The summed E-state index contributed by atoms with van der Waals surface area (Å²) in [6, 6.07) is 2.01. The molecule has 0 N–H and O–H groups in total. The van der Waals surface area contributed by atoms with E-state index in [9.17, 15) is 4.79 Å². The summed E-state index contributed by atoms with van der Waals surface area (Å²) in [5.74, 6) is 0.290. The Morgan fingerprint density at radius 3 is 2.70 bits per heavy atom. The third kappa shape index (κ3) is 5.30. The predicted molar refractivity (Wildman–Crippen MR) is 39.4 cm³/mol. The van der Waals surface area contributed by atoms with E-state index < -0.39 is 0 Å². The van der Waals surface area contributed by atoms with E-state index in [0.29, 0.717) is 19.3 Å². The van der Waals surface area contributed by atoms with Gasteiger partial charge in [0.2, 0.25) is 0 Å². The fourth-order valence-electron chi connectivity index (χ4n) is 0.768. The standard InChI is InChI=1S/C8H13NO/c1-2-5-8(10)6-3-4-7-9/h2-6H2,1H3. The molecule has 0 aromatic heterocycles. The molecule has 0 saturated carbocycles. The number of nitriles is 1. The summed E-state index contributed by atoms with van der Waals surface area (Å²) in [7, 11) is 0. The SMILES string of the molecule is CCCC(=O)CCCC#N. The Balaban J connectivity index is 3.15. The molecule has 2 nitrogen and oxygen atoms in total. The minimum absolute atomic E-state index is 0.290. The summed E-state index contributed by atoms with van der Waals surface area (Å²) in [6.07, 6.45) is 3.42. The molecule has 0 spiro atoms. The van der Waals surface area contributed by atoms with Crippen molar-refractivity contribution in [1.82, 2.24) is 0 Å². The van der Waals surface area contributed by atoms with Crippen LogP contribution in [0.5, 0.6) is 0 Å². The van der Waals surface area contributed by atoms with Gasteiger partial charge in [-0.15, -0.1) is 0 Å². The minimum atomic E-state index is 0.290. The molecule has 0 aromatic rings. The Hall–Kier alpha value is -0.840. The smallest absolute Gasteiger partial charge is 0.132 e. The highest BCUT2D eigenvalue weighted by molar-refractivity contribution is 5.78. The van der Waals surface area contributed by atoms with Crippen molar-refractivity contribution in [3.05, 3.63) is 0 Å². The second-order valence-corrected chi connectivity index (χ2v) is 2.30. The zero-order valence-corrected chi connectivity index (χ0v) is 6.39. The van der Waals surface area contributed by atoms with Crippen molar-refractivity contribution in [2.24, 2.45) is 0 Å². The van der Waals surface area contributed by atoms with Gasteiger partial charge in [0.05, 0.1) is 6.07 Å². The summed E-state index contributed by atoms with van der Waals surface area (Å²) in [4.78, 5) is 10.8. The van der Waals surface area contributed by atoms with Crippen molar-refractivity contribution >= 4 is 5.78 Å². The molecule has 0 aliphatic carbocycles. The molecule has 0 aliphatic heterocycles. The van der Waals surface area contributed by atoms with Gasteiger partial charge in [-0.05, 0) is 12.8 Å². The van der Waals surface area contributed by atoms with Crippen LogP contribution in [0.3, 0.4) is 0 Å². The molecule has 0 heterocycles. The van der Waals surface area contributed by atoms with E-state index in [-0.39, 0.29) is 5.78 Å². The van der Waals surface area contributed by atoms with E-state index in [0.717, 1.165) is 12.8 Å². The maximum atomic E-state index is 10.8. The van der Waals surface area contributed by atoms with Gasteiger partial charge in [-0.3, -0.25) is 4.79 Å². The van der Waals surface area contributed by atoms with Crippen molar-refractivity contribution in [2.75, 3.05) is 0 Å². The second-order valence-electron chi connectivity index (χ2n) is 2.30. The first-order valence-corrected chi connectivity index (χ1v) is 3.70. The molecule has 0 aliphatic rings. The topological polar surface area (TPSA) is 40.9 Å². The highest BCUT2D eigenvalue weighted by Crippen LogP contribution is 1.99. The summed E-state index contributed by atoms with van der Waals surface area (Å²) in [5.41, 5.74) is 0. The monoisotopic (exact) mass is 139 g/mol. The van der Waals surface area contributed by atoms with E-state index in [1.165, 1.54) is 0 Å². The molecular formula is C8H13NO. The number of hydrogen-bond acceptors (Lipinski definition) is 2. The van der Waals surface area contributed by atoms with Crippen LogP contribution in [0.2, 0.25) is 0 Å². The molecule has 56 valence electrons. The van der Waals surface area contributed by atoms with Crippen LogP contribution >= 0.6 is 0 Å². The molecule has 0 atom stereocenters. The van der Waals surface area contributed by atoms with Gasteiger partial charge in [-0.25, -0.2) is 0 Å². The fraction of sp³-hybridized carbons (Fsp3) is 0.750. The van der Waals surface area contributed by atoms with Crippen molar-refractivity contribution in [3.8, 4) is 6.07 Å². The van der Waals surface area contributed by atoms with Crippen LogP contribution in [0.4, 0.5) is 0 Å². The maximum absolute atomic E-state index is 10.8. The zero-order valence-electron chi connectivity index (χ0n) is 6.39. The zero-order chi connectivity index (χ0) is 7.82. The van der Waals surface area contributed by atoms with E-state index >= 15 is 0 Å². The molecule has 2 heteroatoms. The number of nitrogens with zero attached hydrogens (tertiary/aromatic N) is 1. The van der Waals surface area contributed by atoms with Crippen LogP contribution in [0.1, 0.15) is 39.0 Å². The number of unbranched alkanes of at least 4 members (excludes halogenated alkanes) is 1. The lowest BCUT2D eigenvalue weighted by Gasteiger charge is -1.93. The average molecular weight is 139 g/mol. The third-order valence-electron chi connectivity index (χ3n) is 1.27. The number of rotatable bonds is 5. The van der Waals surface area contributed by atoms with Gasteiger partial charge >= 0.3 is 0 Å². The molecule has 0 bridgehead atoms. The normalized spacial score (nSPS) is 8.80. The summed E-state index contributed by atoms with van der Waals surface area (Å²) >= 11 is 0. The van der Waals surface area contributed by atoms with Crippen molar-refractivity contribution < 1.29 is 4.79 Å². The van der Waals surface area contributed by atoms with Crippen LogP contribution in [0.25, 0.3) is 0 Å². The number of hydrogen-bond donors (Lipinski definition) is 0. The molecule has 0 aromatic carbocycles. The van der Waals surface area contributed by atoms with E-state index in [1.54, 1.807) is 0 Å². The van der Waals surface area contributed by atoms with Gasteiger partial charge in [0.15, 0.2) is 0 Å². The molecule has 0 rings (SSSR count). The van der Waals surface area contributed by atoms with E-state index in [4.69, 9.17) is 5.26 Å². The first-order valence-electron chi connectivity index (χ1n) is 3.70. The lowest BCUT2D eigenvalue weighted by atomic mass is 10.1.